The number of hydrazone groups is 1. The van der Waals surface area contributed by atoms with Gasteiger partial charge in [0.1, 0.15) is 0 Å². The van der Waals surface area contributed by atoms with Crippen molar-refractivity contribution in [2.45, 2.75) is 0 Å². The van der Waals surface area contributed by atoms with Gasteiger partial charge in [-0.05, 0) is 47.5 Å². The Labute approximate surface area is 198 Å². The highest BCUT2D eigenvalue weighted by atomic mass is 35.5. The summed E-state index contributed by atoms with van der Waals surface area (Å²) in [6.07, 6.45) is 2.98. The van der Waals surface area contributed by atoms with Crippen LogP contribution in [0.1, 0.15) is 21.5 Å². The summed E-state index contributed by atoms with van der Waals surface area (Å²) in [6.45, 7) is 0. The van der Waals surface area contributed by atoms with Crippen LogP contribution in [0.5, 0.6) is 0 Å². The average molecular weight is 483 g/mol. The number of rotatable bonds is 6. The first kappa shape index (κ1) is 23.6. The summed E-state index contributed by atoms with van der Waals surface area (Å²) in [5, 5.41) is 26.5. The molecule has 0 aromatic heterocycles. The third kappa shape index (κ3) is 7.53. The van der Waals surface area contributed by atoms with Gasteiger partial charge in [-0.15, -0.1) is 5.10 Å². The minimum Gasteiger partial charge on any atom is -0.290 e. The summed E-state index contributed by atoms with van der Waals surface area (Å²) in [5.74, 6) is -0.617. The van der Waals surface area contributed by atoms with Crippen LogP contribution in [-0.4, -0.2) is 29.2 Å². The molecule has 3 aromatic carbocycles. The second-order valence-corrected chi connectivity index (χ2v) is 7.30. The molecule has 33 heavy (non-hydrogen) atoms. The summed E-state index contributed by atoms with van der Waals surface area (Å²) in [7, 11) is 0. The molecule has 0 aliphatic heterocycles. The van der Waals surface area contributed by atoms with Crippen molar-refractivity contribution in [1.82, 2.24) is 10.7 Å². The van der Waals surface area contributed by atoms with Crippen molar-refractivity contribution in [3.05, 3.63) is 110 Å². The second-order valence-electron chi connectivity index (χ2n) is 6.42. The molecule has 166 valence electrons. The molecule has 0 bridgehead atoms. The van der Waals surface area contributed by atoms with Crippen LogP contribution in [0, 0.1) is 10.1 Å². The molecule has 0 aliphatic carbocycles. The van der Waals surface area contributed by atoms with Crippen LogP contribution in [0.2, 0.25) is 10.0 Å². The SMILES string of the molecule is O=C(NC(=N/N=C/c1ccc(Cl)cc1)N/N=C/c1ccc(Cl)cc1)c1ccc([N+](=O)[O-])cc1. The van der Waals surface area contributed by atoms with E-state index < -0.39 is 10.8 Å². The van der Waals surface area contributed by atoms with Gasteiger partial charge in [0.15, 0.2) is 0 Å². The topological polar surface area (TPSA) is 121 Å². The van der Waals surface area contributed by atoms with E-state index in [0.29, 0.717) is 10.0 Å². The van der Waals surface area contributed by atoms with Crippen molar-refractivity contribution in [1.29, 1.82) is 0 Å². The number of nitro groups is 1. The number of guanidine groups is 1. The van der Waals surface area contributed by atoms with Gasteiger partial charge in [0.2, 0.25) is 5.96 Å². The van der Waals surface area contributed by atoms with E-state index in [0.717, 1.165) is 11.1 Å². The monoisotopic (exact) mass is 482 g/mol. The van der Waals surface area contributed by atoms with E-state index in [1.54, 1.807) is 48.5 Å². The smallest absolute Gasteiger partial charge is 0.269 e. The van der Waals surface area contributed by atoms with E-state index in [1.807, 2.05) is 0 Å². The zero-order chi connectivity index (χ0) is 23.6. The lowest BCUT2D eigenvalue weighted by Crippen LogP contribution is -2.38. The summed E-state index contributed by atoms with van der Waals surface area (Å²) >= 11 is 11.7. The number of carbonyl (C=O) groups is 1. The number of halogens is 2. The van der Waals surface area contributed by atoms with Crippen LogP contribution in [0.25, 0.3) is 0 Å². The normalized spacial score (nSPS) is 11.6. The van der Waals surface area contributed by atoms with Gasteiger partial charge in [-0.3, -0.25) is 20.2 Å². The molecule has 0 unspecified atom stereocenters. The zero-order valence-electron chi connectivity index (χ0n) is 16.9. The standard InChI is InChI=1S/C22H16Cl2N6O3/c23-18-7-1-15(2-8-18)13-25-28-22(29-26-14-16-3-9-19(24)10-4-16)27-21(31)17-5-11-20(12-6-17)30(32)33/h1-14H,(H2,27,28,29,31)/b25-13+,26-14+. The van der Waals surface area contributed by atoms with Gasteiger partial charge in [-0.2, -0.15) is 10.2 Å². The second kappa shape index (κ2) is 11.5. The molecular weight excluding hydrogens is 467 g/mol. The highest BCUT2D eigenvalue weighted by molar-refractivity contribution is 6.30. The van der Waals surface area contributed by atoms with Crippen LogP contribution >= 0.6 is 23.2 Å². The summed E-state index contributed by atoms with van der Waals surface area (Å²) in [5.41, 5.74) is 4.19. The van der Waals surface area contributed by atoms with E-state index in [-0.39, 0.29) is 17.2 Å². The Kier molecular flexibility index (Phi) is 8.23. The number of hydrogen-bond acceptors (Lipinski definition) is 6. The van der Waals surface area contributed by atoms with E-state index in [2.05, 4.69) is 26.0 Å². The third-order valence-electron chi connectivity index (χ3n) is 4.06. The lowest BCUT2D eigenvalue weighted by molar-refractivity contribution is -0.384. The Hall–Kier alpha value is -4.08. The van der Waals surface area contributed by atoms with E-state index >= 15 is 0 Å². The number of non-ortho nitro benzene ring substituents is 1. The number of carbonyl (C=O) groups excluding carboxylic acids is 1. The number of benzene rings is 3. The lowest BCUT2D eigenvalue weighted by atomic mass is 10.2. The molecule has 2 N–H and O–H groups in total. The van der Waals surface area contributed by atoms with Gasteiger partial charge in [-0.1, -0.05) is 47.5 Å². The maximum Gasteiger partial charge on any atom is 0.269 e. The molecule has 0 heterocycles. The van der Waals surface area contributed by atoms with Crippen LogP contribution in [0.4, 0.5) is 5.69 Å². The third-order valence-corrected chi connectivity index (χ3v) is 4.56. The molecule has 9 nitrogen and oxygen atoms in total. The molecule has 3 rings (SSSR count). The molecular formula is C22H16Cl2N6O3. The van der Waals surface area contributed by atoms with E-state index in [4.69, 9.17) is 23.2 Å². The summed E-state index contributed by atoms with van der Waals surface area (Å²) in [6, 6.07) is 19.0. The zero-order valence-corrected chi connectivity index (χ0v) is 18.4. The van der Waals surface area contributed by atoms with Crippen molar-refractivity contribution in [3.63, 3.8) is 0 Å². The Morgan fingerprint density at radius 3 is 1.94 bits per heavy atom. The van der Waals surface area contributed by atoms with Crippen LogP contribution < -0.4 is 10.7 Å². The number of nitrogens with zero attached hydrogens (tertiary/aromatic N) is 4. The van der Waals surface area contributed by atoms with Gasteiger partial charge >= 0.3 is 0 Å². The van der Waals surface area contributed by atoms with Crippen LogP contribution in [-0.2, 0) is 0 Å². The molecule has 0 fully saturated rings. The molecule has 0 saturated heterocycles. The first-order chi connectivity index (χ1) is 15.9. The fraction of sp³-hybridized carbons (Fsp3) is 0. The Balaban J connectivity index is 1.75. The minimum absolute atomic E-state index is 0.0613. The fourth-order valence-corrected chi connectivity index (χ4v) is 2.66. The van der Waals surface area contributed by atoms with Crippen molar-refractivity contribution < 1.29 is 9.72 Å². The minimum atomic E-state index is -0.556. The van der Waals surface area contributed by atoms with Crippen molar-refractivity contribution in [3.8, 4) is 0 Å². The predicted molar refractivity (Wildman–Crippen MR) is 129 cm³/mol. The Morgan fingerprint density at radius 2 is 1.39 bits per heavy atom. The first-order valence-corrected chi connectivity index (χ1v) is 10.1. The molecule has 0 aliphatic rings. The maximum absolute atomic E-state index is 12.5. The van der Waals surface area contributed by atoms with Crippen molar-refractivity contribution in [2.24, 2.45) is 15.3 Å². The van der Waals surface area contributed by atoms with Gasteiger partial charge in [0, 0.05) is 27.7 Å². The highest BCUT2D eigenvalue weighted by Crippen LogP contribution is 2.12. The predicted octanol–water partition coefficient (Wildman–Crippen LogP) is 4.65. The largest absolute Gasteiger partial charge is 0.290 e. The molecule has 0 atom stereocenters. The fourth-order valence-electron chi connectivity index (χ4n) is 2.41. The average Bonchev–Trinajstić information content (AvgIpc) is 2.81. The number of nitro benzene ring substituents is 1. The first-order valence-electron chi connectivity index (χ1n) is 9.38. The van der Waals surface area contributed by atoms with Gasteiger partial charge < -0.3 is 0 Å². The maximum atomic E-state index is 12.5. The van der Waals surface area contributed by atoms with Gasteiger partial charge in [0.05, 0.1) is 17.4 Å². The van der Waals surface area contributed by atoms with Gasteiger partial charge in [0.25, 0.3) is 11.6 Å². The molecule has 3 aromatic rings. The molecule has 11 heteroatoms. The van der Waals surface area contributed by atoms with Crippen LogP contribution in [0.3, 0.4) is 0 Å². The number of nitrogens with one attached hydrogen (secondary N) is 2. The van der Waals surface area contributed by atoms with E-state index in [9.17, 15) is 14.9 Å². The van der Waals surface area contributed by atoms with Crippen molar-refractivity contribution in [2.75, 3.05) is 0 Å². The summed E-state index contributed by atoms with van der Waals surface area (Å²) in [4.78, 5) is 22.8. The summed E-state index contributed by atoms with van der Waals surface area (Å²) < 4.78 is 0. The Morgan fingerprint density at radius 1 is 0.848 bits per heavy atom. The number of amides is 1. The lowest BCUT2D eigenvalue weighted by Gasteiger charge is -2.06. The Bertz CT molecular complexity index is 1210. The number of hydrogen-bond donors (Lipinski definition) is 2. The molecule has 0 saturated carbocycles. The molecule has 0 radical (unpaired) electrons. The highest BCUT2D eigenvalue weighted by Gasteiger charge is 2.11. The van der Waals surface area contributed by atoms with E-state index in [1.165, 1.54) is 36.7 Å². The quantitative estimate of drug-likeness (QED) is 0.230. The molecule has 1 amide bonds. The van der Waals surface area contributed by atoms with Crippen molar-refractivity contribution >= 4 is 53.2 Å². The van der Waals surface area contributed by atoms with Gasteiger partial charge in [-0.25, -0.2) is 5.43 Å². The van der Waals surface area contributed by atoms with Crippen LogP contribution in [0.15, 0.2) is 88.1 Å². The molecule has 0 spiro atoms.